The average Bonchev–Trinajstić information content (AvgIpc) is 3.25. The van der Waals surface area contributed by atoms with Crippen molar-refractivity contribution in [1.29, 1.82) is 0 Å². The molecule has 6 amide bonds. The number of rotatable bonds is 16. The summed E-state index contributed by atoms with van der Waals surface area (Å²) in [4.78, 5) is 85.8. The largest absolute Gasteiger partial charge is 0.347 e. The maximum atomic E-state index is 12.8. The van der Waals surface area contributed by atoms with Crippen LogP contribution in [0.4, 0.5) is 0 Å². The Kier molecular flexibility index (Phi) is 12.9. The van der Waals surface area contributed by atoms with Gasteiger partial charge in [-0.05, 0) is 18.4 Å². The maximum Gasteiger partial charge on any atom is 0.253 e. The second kappa shape index (κ2) is 16.0. The molecule has 4 N–H and O–H groups in total. The molecular weight excluding hydrogens is 530 g/mol. The number of carbonyl (C=O) groups excluding carboxylic acids is 7. The van der Waals surface area contributed by atoms with Gasteiger partial charge in [-0.1, -0.05) is 57.5 Å². The SMILES string of the molecule is CC(C)(C)C(=O)CNC(=O)[C@H](Cc1ccccc1)NC(=O)CNC(=O)CNC(=O)CCCCCN1C(=O)C=CC1=O. The van der Waals surface area contributed by atoms with Crippen molar-refractivity contribution in [3.63, 3.8) is 0 Å². The minimum absolute atomic E-state index is 0.155. The number of nitrogens with zero attached hydrogens (tertiary/aromatic N) is 1. The summed E-state index contributed by atoms with van der Waals surface area (Å²) in [5, 5.41) is 10.1. The standard InChI is InChI=1S/C29H39N5O7/c1-29(2,3)22(35)17-32-28(41)21(16-20-10-6-4-7-11-20)33-25(38)19-31-24(37)18-30-23(36)12-8-5-9-15-34-26(39)13-14-27(34)40/h4,6-7,10-11,13-14,21H,5,8-9,12,15-19H2,1-3H3,(H,30,36)(H,31,37)(H,32,41)(H,33,38)/t21-/m0/s1. The first-order chi connectivity index (χ1) is 19.4. The molecule has 12 heteroatoms. The topological polar surface area (TPSA) is 171 Å². The second-order valence-corrected chi connectivity index (χ2v) is 10.7. The monoisotopic (exact) mass is 569 g/mol. The molecule has 1 aliphatic heterocycles. The lowest BCUT2D eigenvalue weighted by Gasteiger charge is -2.21. The van der Waals surface area contributed by atoms with Crippen molar-refractivity contribution in [3.05, 3.63) is 48.0 Å². The van der Waals surface area contributed by atoms with E-state index in [1.165, 1.54) is 12.2 Å². The Morgan fingerprint density at radius 1 is 0.756 bits per heavy atom. The number of carbonyl (C=O) groups is 7. The van der Waals surface area contributed by atoms with Crippen LogP contribution in [0.25, 0.3) is 0 Å². The number of hydrogen-bond acceptors (Lipinski definition) is 7. The summed E-state index contributed by atoms with van der Waals surface area (Å²) in [6.07, 6.45) is 4.52. The van der Waals surface area contributed by atoms with E-state index in [0.29, 0.717) is 25.8 Å². The van der Waals surface area contributed by atoms with E-state index in [1.54, 1.807) is 32.9 Å². The lowest BCUT2D eigenvalue weighted by molar-refractivity contribution is -0.137. The molecule has 0 unspecified atom stereocenters. The van der Waals surface area contributed by atoms with Crippen molar-refractivity contribution < 1.29 is 33.6 Å². The van der Waals surface area contributed by atoms with Gasteiger partial charge in [0.1, 0.15) is 6.04 Å². The molecule has 12 nitrogen and oxygen atoms in total. The van der Waals surface area contributed by atoms with Gasteiger partial charge in [-0.25, -0.2) is 0 Å². The molecule has 0 aliphatic carbocycles. The van der Waals surface area contributed by atoms with Gasteiger partial charge in [0, 0.05) is 37.0 Å². The third-order valence-corrected chi connectivity index (χ3v) is 6.27. The van der Waals surface area contributed by atoms with E-state index < -0.39 is 35.7 Å². The Balaban J connectivity index is 1.71. The average molecular weight is 570 g/mol. The predicted molar refractivity (Wildman–Crippen MR) is 150 cm³/mol. The fraction of sp³-hybridized carbons (Fsp3) is 0.483. The molecular formula is C29H39N5O7. The van der Waals surface area contributed by atoms with E-state index in [0.717, 1.165) is 10.5 Å². The zero-order valence-corrected chi connectivity index (χ0v) is 23.8. The Hall–Kier alpha value is -4.35. The molecule has 1 atom stereocenters. The smallest absolute Gasteiger partial charge is 0.253 e. The summed E-state index contributed by atoms with van der Waals surface area (Å²) < 4.78 is 0. The molecule has 2 rings (SSSR count). The van der Waals surface area contributed by atoms with Crippen LogP contribution in [-0.2, 0) is 40.0 Å². The van der Waals surface area contributed by atoms with Gasteiger partial charge in [0.15, 0.2) is 5.78 Å². The van der Waals surface area contributed by atoms with Crippen LogP contribution < -0.4 is 21.3 Å². The first kappa shape index (κ1) is 32.9. The maximum absolute atomic E-state index is 12.8. The molecule has 0 aromatic heterocycles. The number of Topliss-reactive ketones (excluding diaryl/α,β-unsaturated/α-hetero) is 1. The van der Waals surface area contributed by atoms with Crippen molar-refractivity contribution in [2.24, 2.45) is 5.41 Å². The molecule has 0 radical (unpaired) electrons. The van der Waals surface area contributed by atoms with E-state index in [1.807, 2.05) is 18.2 Å². The zero-order valence-electron chi connectivity index (χ0n) is 23.8. The number of unbranched alkanes of at least 4 members (excludes halogenated alkanes) is 2. The van der Waals surface area contributed by atoms with Gasteiger partial charge in [-0.2, -0.15) is 0 Å². The van der Waals surface area contributed by atoms with E-state index in [9.17, 15) is 33.6 Å². The molecule has 1 aliphatic rings. The van der Waals surface area contributed by atoms with Gasteiger partial charge >= 0.3 is 0 Å². The Morgan fingerprint density at radius 3 is 2.00 bits per heavy atom. The minimum Gasteiger partial charge on any atom is -0.347 e. The van der Waals surface area contributed by atoms with Crippen molar-refractivity contribution in [3.8, 4) is 0 Å². The van der Waals surface area contributed by atoms with E-state index >= 15 is 0 Å². The summed E-state index contributed by atoms with van der Waals surface area (Å²) in [7, 11) is 0. The van der Waals surface area contributed by atoms with Crippen LogP contribution in [-0.4, -0.2) is 78.3 Å². The molecule has 1 heterocycles. The molecule has 0 bridgehead atoms. The molecule has 0 spiro atoms. The summed E-state index contributed by atoms with van der Waals surface area (Å²) in [6.45, 7) is 4.64. The molecule has 0 saturated heterocycles. The number of imide groups is 1. The van der Waals surface area contributed by atoms with Crippen molar-refractivity contribution >= 4 is 41.2 Å². The Labute approximate surface area is 239 Å². The van der Waals surface area contributed by atoms with Crippen molar-refractivity contribution in [2.45, 2.75) is 58.9 Å². The summed E-state index contributed by atoms with van der Waals surface area (Å²) >= 11 is 0. The summed E-state index contributed by atoms with van der Waals surface area (Å²) in [6, 6.07) is 8.09. The van der Waals surface area contributed by atoms with Crippen LogP contribution in [0.15, 0.2) is 42.5 Å². The van der Waals surface area contributed by atoms with Gasteiger partial charge in [-0.15, -0.1) is 0 Å². The number of nitrogens with one attached hydrogen (secondary N) is 4. The molecule has 0 fully saturated rings. The summed E-state index contributed by atoms with van der Waals surface area (Å²) in [5.74, 6) is -2.87. The van der Waals surface area contributed by atoms with Gasteiger partial charge in [-0.3, -0.25) is 38.5 Å². The Bertz CT molecular complexity index is 1140. The van der Waals surface area contributed by atoms with Crippen LogP contribution in [0.5, 0.6) is 0 Å². The number of hydrogen-bond donors (Lipinski definition) is 4. The van der Waals surface area contributed by atoms with Crippen molar-refractivity contribution in [2.75, 3.05) is 26.2 Å². The first-order valence-electron chi connectivity index (χ1n) is 13.6. The number of benzene rings is 1. The molecule has 1 aromatic carbocycles. The van der Waals surface area contributed by atoms with Gasteiger partial charge in [0.25, 0.3) is 11.8 Å². The van der Waals surface area contributed by atoms with Crippen LogP contribution in [0.2, 0.25) is 0 Å². The van der Waals surface area contributed by atoms with E-state index in [4.69, 9.17) is 0 Å². The highest BCUT2D eigenvalue weighted by Gasteiger charge is 2.26. The fourth-order valence-electron chi connectivity index (χ4n) is 3.75. The number of amides is 6. The van der Waals surface area contributed by atoms with Gasteiger partial charge < -0.3 is 21.3 Å². The lowest BCUT2D eigenvalue weighted by Crippen LogP contribution is -2.52. The van der Waals surface area contributed by atoms with E-state index in [-0.39, 0.29) is 49.4 Å². The van der Waals surface area contributed by atoms with E-state index in [2.05, 4.69) is 21.3 Å². The molecule has 1 aromatic rings. The first-order valence-corrected chi connectivity index (χ1v) is 13.6. The third-order valence-electron chi connectivity index (χ3n) is 6.27. The van der Waals surface area contributed by atoms with Crippen LogP contribution in [0, 0.1) is 5.41 Å². The van der Waals surface area contributed by atoms with Crippen LogP contribution >= 0.6 is 0 Å². The third kappa shape index (κ3) is 12.1. The highest BCUT2D eigenvalue weighted by atomic mass is 16.2. The molecule has 41 heavy (non-hydrogen) atoms. The zero-order chi connectivity index (χ0) is 30.4. The van der Waals surface area contributed by atoms with Crippen LogP contribution in [0.1, 0.15) is 52.0 Å². The summed E-state index contributed by atoms with van der Waals surface area (Å²) in [5.41, 5.74) is 0.177. The van der Waals surface area contributed by atoms with Gasteiger partial charge in [0.05, 0.1) is 19.6 Å². The lowest BCUT2D eigenvalue weighted by atomic mass is 9.91. The quantitative estimate of drug-likeness (QED) is 0.162. The second-order valence-electron chi connectivity index (χ2n) is 10.7. The normalized spacial score (nSPS) is 13.5. The highest BCUT2D eigenvalue weighted by molar-refractivity contribution is 6.12. The Morgan fingerprint density at radius 2 is 1.37 bits per heavy atom. The number of ketones is 1. The fourth-order valence-corrected chi connectivity index (χ4v) is 3.75. The van der Waals surface area contributed by atoms with Crippen molar-refractivity contribution in [1.82, 2.24) is 26.2 Å². The van der Waals surface area contributed by atoms with Gasteiger partial charge in [0.2, 0.25) is 23.6 Å². The highest BCUT2D eigenvalue weighted by Crippen LogP contribution is 2.13. The minimum atomic E-state index is -0.966. The predicted octanol–water partition coefficient (Wildman–Crippen LogP) is 0.163. The molecule has 0 saturated carbocycles. The molecule has 222 valence electrons. The van der Waals surface area contributed by atoms with Crippen LogP contribution in [0.3, 0.4) is 0 Å².